The first-order valence-corrected chi connectivity index (χ1v) is 11.0. The van der Waals surface area contributed by atoms with Crippen LogP contribution in [0.5, 0.6) is 0 Å². The highest BCUT2D eigenvalue weighted by molar-refractivity contribution is 14.0. The minimum Gasteiger partial charge on any atom is -0.379 e. The molecule has 0 bridgehead atoms. The summed E-state index contributed by atoms with van der Waals surface area (Å²) in [6.45, 7) is 18.9. The summed E-state index contributed by atoms with van der Waals surface area (Å²) in [6, 6.07) is 1.12. The molecular formula is C21H46IN5O. The van der Waals surface area contributed by atoms with Crippen LogP contribution in [0.4, 0.5) is 0 Å². The highest BCUT2D eigenvalue weighted by Crippen LogP contribution is 2.14. The largest absolute Gasteiger partial charge is 0.379 e. The van der Waals surface area contributed by atoms with Gasteiger partial charge in [0.25, 0.3) is 0 Å². The zero-order valence-corrected chi connectivity index (χ0v) is 21.5. The molecule has 168 valence electrons. The molecule has 2 N–H and O–H groups in total. The van der Waals surface area contributed by atoms with Crippen molar-refractivity contribution >= 4 is 29.9 Å². The van der Waals surface area contributed by atoms with Crippen LogP contribution >= 0.6 is 24.0 Å². The van der Waals surface area contributed by atoms with E-state index in [1.807, 2.05) is 0 Å². The molecule has 0 aromatic rings. The van der Waals surface area contributed by atoms with Gasteiger partial charge in [0, 0.05) is 38.3 Å². The number of morpholine rings is 1. The highest BCUT2D eigenvalue weighted by atomic mass is 127. The van der Waals surface area contributed by atoms with Gasteiger partial charge in [-0.3, -0.25) is 9.89 Å². The SMILES string of the molecule is CCNC(=NCC(CC(C)C)N1CCOCC1)NCCCCN(C)C(C)C.I. The Kier molecular flexibility index (Phi) is 16.6. The van der Waals surface area contributed by atoms with Crippen LogP contribution in [-0.4, -0.2) is 87.4 Å². The molecule has 0 saturated carbocycles. The van der Waals surface area contributed by atoms with E-state index in [1.165, 1.54) is 19.3 Å². The fourth-order valence-electron chi connectivity index (χ4n) is 3.32. The van der Waals surface area contributed by atoms with Crippen LogP contribution in [0.25, 0.3) is 0 Å². The van der Waals surface area contributed by atoms with Crippen LogP contribution in [0.2, 0.25) is 0 Å². The van der Waals surface area contributed by atoms with E-state index in [-0.39, 0.29) is 24.0 Å². The Balaban J connectivity index is 0.00000729. The monoisotopic (exact) mass is 511 g/mol. The Morgan fingerprint density at radius 3 is 2.36 bits per heavy atom. The van der Waals surface area contributed by atoms with Gasteiger partial charge in [-0.15, -0.1) is 24.0 Å². The first kappa shape index (κ1) is 27.9. The van der Waals surface area contributed by atoms with Gasteiger partial charge in [-0.2, -0.15) is 0 Å². The number of nitrogens with zero attached hydrogens (tertiary/aromatic N) is 3. The fourth-order valence-corrected chi connectivity index (χ4v) is 3.32. The van der Waals surface area contributed by atoms with Crippen molar-refractivity contribution in [2.24, 2.45) is 10.9 Å². The first-order valence-electron chi connectivity index (χ1n) is 11.0. The molecule has 1 atom stereocenters. The van der Waals surface area contributed by atoms with Crippen LogP contribution in [0.15, 0.2) is 4.99 Å². The van der Waals surface area contributed by atoms with Crippen LogP contribution in [0.3, 0.4) is 0 Å². The summed E-state index contributed by atoms with van der Waals surface area (Å²) in [5, 5.41) is 6.91. The van der Waals surface area contributed by atoms with E-state index in [0.29, 0.717) is 18.0 Å². The van der Waals surface area contributed by atoms with E-state index in [9.17, 15) is 0 Å². The second-order valence-electron chi connectivity index (χ2n) is 8.36. The third kappa shape index (κ3) is 12.4. The minimum atomic E-state index is 0. The zero-order chi connectivity index (χ0) is 20.1. The third-order valence-corrected chi connectivity index (χ3v) is 5.22. The van der Waals surface area contributed by atoms with Gasteiger partial charge < -0.3 is 20.3 Å². The Labute approximate surface area is 191 Å². The number of halogens is 1. The molecule has 0 spiro atoms. The molecule has 1 aliphatic heterocycles. The van der Waals surface area contributed by atoms with Crippen molar-refractivity contribution in [1.29, 1.82) is 0 Å². The van der Waals surface area contributed by atoms with Crippen LogP contribution in [-0.2, 0) is 4.74 Å². The van der Waals surface area contributed by atoms with Gasteiger partial charge in [0.15, 0.2) is 5.96 Å². The van der Waals surface area contributed by atoms with Crippen LogP contribution in [0, 0.1) is 5.92 Å². The second kappa shape index (κ2) is 16.7. The van der Waals surface area contributed by atoms with Gasteiger partial charge in [0.2, 0.25) is 0 Å². The van der Waals surface area contributed by atoms with Gasteiger partial charge >= 0.3 is 0 Å². The van der Waals surface area contributed by atoms with Crippen LogP contribution in [0.1, 0.15) is 53.9 Å². The maximum atomic E-state index is 5.52. The first-order chi connectivity index (χ1) is 12.9. The van der Waals surface area contributed by atoms with Crippen molar-refractivity contribution < 1.29 is 4.74 Å². The quantitative estimate of drug-likeness (QED) is 0.183. The van der Waals surface area contributed by atoms with Crippen molar-refractivity contribution in [3.8, 4) is 0 Å². The molecule has 6 nitrogen and oxygen atoms in total. The Bertz CT molecular complexity index is 400. The molecule has 0 aliphatic carbocycles. The van der Waals surface area contributed by atoms with E-state index in [2.05, 4.69) is 62.1 Å². The molecular weight excluding hydrogens is 465 g/mol. The Morgan fingerprint density at radius 2 is 1.79 bits per heavy atom. The van der Waals surface area contributed by atoms with Crippen LogP contribution < -0.4 is 10.6 Å². The smallest absolute Gasteiger partial charge is 0.191 e. The summed E-state index contributed by atoms with van der Waals surface area (Å²) in [4.78, 5) is 9.86. The second-order valence-corrected chi connectivity index (χ2v) is 8.36. The fraction of sp³-hybridized carbons (Fsp3) is 0.952. The molecule has 1 saturated heterocycles. The molecule has 1 rings (SSSR count). The van der Waals surface area contributed by atoms with Crippen molar-refractivity contribution in [2.75, 3.05) is 59.5 Å². The average molecular weight is 512 g/mol. The number of guanidine groups is 1. The Hall–Kier alpha value is -0.120. The Morgan fingerprint density at radius 1 is 1.11 bits per heavy atom. The lowest BCUT2D eigenvalue weighted by Crippen LogP contribution is -2.46. The predicted octanol–water partition coefficient (Wildman–Crippen LogP) is 3.03. The summed E-state index contributed by atoms with van der Waals surface area (Å²) >= 11 is 0. The molecule has 1 unspecified atom stereocenters. The molecule has 0 amide bonds. The molecule has 28 heavy (non-hydrogen) atoms. The number of hydrogen-bond acceptors (Lipinski definition) is 4. The van der Waals surface area contributed by atoms with Crippen molar-refractivity contribution in [1.82, 2.24) is 20.4 Å². The molecule has 0 radical (unpaired) electrons. The molecule has 1 heterocycles. The molecule has 0 aromatic carbocycles. The lowest BCUT2D eigenvalue weighted by atomic mass is 10.0. The maximum Gasteiger partial charge on any atom is 0.191 e. The summed E-state index contributed by atoms with van der Waals surface area (Å²) in [5.41, 5.74) is 0. The van der Waals surface area contributed by atoms with E-state index < -0.39 is 0 Å². The van der Waals surface area contributed by atoms with E-state index in [1.54, 1.807) is 0 Å². The van der Waals surface area contributed by atoms with Gasteiger partial charge in [-0.05, 0) is 59.5 Å². The molecule has 1 fully saturated rings. The van der Waals surface area contributed by atoms with Gasteiger partial charge in [0.05, 0.1) is 19.8 Å². The van der Waals surface area contributed by atoms with E-state index >= 15 is 0 Å². The number of unbranched alkanes of at least 4 members (excludes halogenated alkanes) is 1. The average Bonchev–Trinajstić information content (AvgIpc) is 2.64. The molecule has 0 aromatic heterocycles. The van der Waals surface area contributed by atoms with Gasteiger partial charge in [-0.1, -0.05) is 13.8 Å². The van der Waals surface area contributed by atoms with E-state index in [4.69, 9.17) is 9.73 Å². The normalized spacial score (nSPS) is 17.1. The number of nitrogens with one attached hydrogen (secondary N) is 2. The zero-order valence-electron chi connectivity index (χ0n) is 19.2. The van der Waals surface area contributed by atoms with Crippen molar-refractivity contribution in [3.63, 3.8) is 0 Å². The predicted molar refractivity (Wildman–Crippen MR) is 132 cm³/mol. The maximum absolute atomic E-state index is 5.52. The van der Waals surface area contributed by atoms with Gasteiger partial charge in [-0.25, -0.2) is 0 Å². The number of hydrogen-bond donors (Lipinski definition) is 2. The number of rotatable bonds is 12. The van der Waals surface area contributed by atoms with E-state index in [0.717, 1.165) is 58.4 Å². The molecule has 7 heteroatoms. The third-order valence-electron chi connectivity index (χ3n) is 5.22. The van der Waals surface area contributed by atoms with Crippen molar-refractivity contribution in [3.05, 3.63) is 0 Å². The summed E-state index contributed by atoms with van der Waals surface area (Å²) in [6.07, 6.45) is 3.57. The van der Waals surface area contributed by atoms with Gasteiger partial charge in [0.1, 0.15) is 0 Å². The summed E-state index contributed by atoms with van der Waals surface area (Å²) < 4.78 is 5.52. The lowest BCUT2D eigenvalue weighted by Gasteiger charge is -2.34. The standard InChI is InChI=1S/C21H45N5O.HI/c1-7-22-21(23-10-8-9-11-25(6)19(4)5)24-17-20(16-18(2)3)26-12-14-27-15-13-26;/h18-20H,7-17H2,1-6H3,(H2,22,23,24);1H. The minimum absolute atomic E-state index is 0. The topological polar surface area (TPSA) is 52.1 Å². The summed E-state index contributed by atoms with van der Waals surface area (Å²) in [7, 11) is 2.20. The summed E-state index contributed by atoms with van der Waals surface area (Å²) in [5.74, 6) is 1.64. The molecule has 1 aliphatic rings. The lowest BCUT2D eigenvalue weighted by molar-refractivity contribution is 0.0143. The van der Waals surface area contributed by atoms with Crippen molar-refractivity contribution in [2.45, 2.75) is 66.0 Å². The number of ether oxygens (including phenoxy) is 1. The number of aliphatic imine (C=N–C) groups is 1. The highest BCUT2D eigenvalue weighted by Gasteiger charge is 2.21.